The van der Waals surface area contributed by atoms with Crippen LogP contribution >= 0.6 is 11.6 Å². The van der Waals surface area contributed by atoms with Gasteiger partial charge in [0, 0.05) is 16.3 Å². The molecule has 1 atom stereocenters. The normalized spacial score (nSPS) is 11.9. The van der Waals surface area contributed by atoms with Crippen molar-refractivity contribution in [2.45, 2.75) is 40.7 Å². The van der Waals surface area contributed by atoms with Gasteiger partial charge >= 0.3 is 0 Å². The molecule has 6 heteroatoms. The maximum absolute atomic E-state index is 13.4. The molecule has 0 aliphatic rings. The highest BCUT2D eigenvalue weighted by Crippen LogP contribution is 2.33. The van der Waals surface area contributed by atoms with E-state index in [9.17, 15) is 9.59 Å². The van der Waals surface area contributed by atoms with Crippen LogP contribution in [0.5, 0.6) is 5.75 Å². The van der Waals surface area contributed by atoms with Crippen molar-refractivity contribution in [1.82, 2.24) is 0 Å². The molecule has 0 bridgehead atoms. The van der Waals surface area contributed by atoms with Crippen molar-refractivity contribution in [1.29, 1.82) is 0 Å². The molecule has 1 aromatic heterocycles. The summed E-state index contributed by atoms with van der Waals surface area (Å²) in [6.07, 6.45) is -0.955. The summed E-state index contributed by atoms with van der Waals surface area (Å²) in [5, 5.41) is 3.64. The molecule has 0 aliphatic heterocycles. The summed E-state index contributed by atoms with van der Waals surface area (Å²) >= 11 is 6.12. The predicted molar refractivity (Wildman–Crippen MR) is 137 cm³/mol. The SMILES string of the molecule is Cc1ccc(-c2oc3ccc(Cl)cc3c(=O)c2O[C@@H](C)C(=O)Nc2c(C)cc(C)cc2C)cc1. The van der Waals surface area contributed by atoms with Crippen molar-refractivity contribution in [2.24, 2.45) is 0 Å². The number of hydrogen-bond acceptors (Lipinski definition) is 4. The molecule has 34 heavy (non-hydrogen) atoms. The molecule has 0 radical (unpaired) electrons. The van der Waals surface area contributed by atoms with Gasteiger partial charge in [0.2, 0.25) is 11.2 Å². The zero-order valence-corrected chi connectivity index (χ0v) is 20.5. The first-order valence-corrected chi connectivity index (χ1v) is 11.4. The minimum Gasteiger partial charge on any atom is -0.473 e. The first-order valence-electron chi connectivity index (χ1n) is 11.0. The van der Waals surface area contributed by atoms with Crippen LogP contribution in [0.1, 0.15) is 29.2 Å². The first-order chi connectivity index (χ1) is 16.1. The number of carbonyl (C=O) groups is 1. The number of benzene rings is 3. The maximum Gasteiger partial charge on any atom is 0.265 e. The maximum atomic E-state index is 13.4. The average Bonchev–Trinajstić information content (AvgIpc) is 2.78. The lowest BCUT2D eigenvalue weighted by molar-refractivity contribution is -0.122. The standard InChI is InChI=1S/C28H26ClNO4/c1-15-6-8-20(9-7-15)26-27(25(31)22-14-21(29)10-11-23(22)34-26)33-19(5)28(32)30-24-17(3)12-16(2)13-18(24)4/h6-14,19H,1-5H3,(H,30,32)/t19-/m0/s1. The first kappa shape index (κ1) is 23.6. The van der Waals surface area contributed by atoms with Crippen molar-refractivity contribution in [3.05, 3.63) is 92.1 Å². The minimum atomic E-state index is -0.955. The number of fused-ring (bicyclic) bond motifs is 1. The Balaban J connectivity index is 1.74. The summed E-state index contributed by atoms with van der Waals surface area (Å²) < 4.78 is 12.1. The Morgan fingerprint density at radius 1 is 0.941 bits per heavy atom. The largest absolute Gasteiger partial charge is 0.473 e. The number of halogens is 1. The summed E-state index contributed by atoms with van der Waals surface area (Å²) in [6, 6.07) is 16.4. The van der Waals surface area contributed by atoms with Gasteiger partial charge in [0.05, 0.1) is 5.39 Å². The topological polar surface area (TPSA) is 68.5 Å². The highest BCUT2D eigenvalue weighted by molar-refractivity contribution is 6.31. The number of ether oxygens (including phenoxy) is 1. The molecule has 0 saturated heterocycles. The molecule has 4 rings (SSSR count). The van der Waals surface area contributed by atoms with E-state index in [4.69, 9.17) is 20.8 Å². The van der Waals surface area contributed by atoms with Gasteiger partial charge in [-0.2, -0.15) is 0 Å². The van der Waals surface area contributed by atoms with Gasteiger partial charge in [0.1, 0.15) is 5.58 Å². The predicted octanol–water partition coefficient (Wildman–Crippen LogP) is 6.75. The van der Waals surface area contributed by atoms with E-state index in [1.807, 2.05) is 64.1 Å². The van der Waals surface area contributed by atoms with E-state index in [1.54, 1.807) is 19.1 Å². The van der Waals surface area contributed by atoms with Crippen LogP contribution in [-0.2, 0) is 4.79 Å². The van der Waals surface area contributed by atoms with E-state index in [2.05, 4.69) is 5.32 Å². The van der Waals surface area contributed by atoms with Gasteiger partial charge in [0.15, 0.2) is 11.9 Å². The number of carbonyl (C=O) groups excluding carboxylic acids is 1. The quantitative estimate of drug-likeness (QED) is 0.346. The fraction of sp³-hybridized carbons (Fsp3) is 0.214. The Kier molecular flexibility index (Phi) is 6.49. The van der Waals surface area contributed by atoms with Crippen LogP contribution in [0.15, 0.2) is 63.8 Å². The smallest absolute Gasteiger partial charge is 0.265 e. The van der Waals surface area contributed by atoms with E-state index in [0.29, 0.717) is 16.2 Å². The molecular formula is C28H26ClNO4. The van der Waals surface area contributed by atoms with E-state index >= 15 is 0 Å². The van der Waals surface area contributed by atoms with Crippen molar-refractivity contribution < 1.29 is 13.9 Å². The van der Waals surface area contributed by atoms with E-state index < -0.39 is 6.10 Å². The third-order valence-electron chi connectivity index (χ3n) is 5.71. The second kappa shape index (κ2) is 9.35. The number of amides is 1. The molecule has 3 aromatic carbocycles. The molecule has 1 heterocycles. The lowest BCUT2D eigenvalue weighted by Crippen LogP contribution is -2.32. The number of anilines is 1. The summed E-state index contributed by atoms with van der Waals surface area (Å²) in [4.78, 5) is 26.5. The molecule has 0 unspecified atom stereocenters. The van der Waals surface area contributed by atoms with Gasteiger partial charge in [-0.3, -0.25) is 9.59 Å². The van der Waals surface area contributed by atoms with E-state index in [0.717, 1.165) is 27.9 Å². The summed E-state index contributed by atoms with van der Waals surface area (Å²) in [5.41, 5.74) is 5.51. The van der Waals surface area contributed by atoms with Gasteiger partial charge in [-0.15, -0.1) is 0 Å². The van der Waals surface area contributed by atoms with Gasteiger partial charge in [-0.1, -0.05) is 59.1 Å². The fourth-order valence-electron chi connectivity index (χ4n) is 3.98. The second-order valence-corrected chi connectivity index (χ2v) is 9.06. The third kappa shape index (κ3) is 4.70. The zero-order valence-electron chi connectivity index (χ0n) is 19.8. The highest BCUT2D eigenvalue weighted by atomic mass is 35.5. The lowest BCUT2D eigenvalue weighted by Gasteiger charge is -2.19. The number of rotatable bonds is 5. The Labute approximate surface area is 203 Å². The Bertz CT molecular complexity index is 1430. The number of aryl methyl sites for hydroxylation is 4. The summed E-state index contributed by atoms with van der Waals surface area (Å²) in [5.74, 6) is -0.128. The monoisotopic (exact) mass is 475 g/mol. The Morgan fingerprint density at radius 2 is 1.59 bits per heavy atom. The van der Waals surface area contributed by atoms with Gasteiger partial charge in [-0.25, -0.2) is 0 Å². The van der Waals surface area contributed by atoms with Crippen LogP contribution in [0.4, 0.5) is 5.69 Å². The second-order valence-electron chi connectivity index (χ2n) is 8.62. The van der Waals surface area contributed by atoms with Crippen molar-refractivity contribution >= 4 is 34.2 Å². The molecule has 0 saturated carbocycles. The van der Waals surface area contributed by atoms with Crippen LogP contribution in [0, 0.1) is 27.7 Å². The summed E-state index contributed by atoms with van der Waals surface area (Å²) in [6.45, 7) is 9.47. The fourth-order valence-corrected chi connectivity index (χ4v) is 4.16. The molecule has 4 aromatic rings. The number of nitrogens with one attached hydrogen (secondary N) is 1. The van der Waals surface area contributed by atoms with Gasteiger partial charge in [0.25, 0.3) is 5.91 Å². The average molecular weight is 476 g/mol. The Hall–Kier alpha value is -3.57. The molecule has 174 valence electrons. The Morgan fingerprint density at radius 3 is 2.24 bits per heavy atom. The van der Waals surface area contributed by atoms with Gasteiger partial charge < -0.3 is 14.5 Å². The van der Waals surface area contributed by atoms with Crippen LogP contribution in [0.3, 0.4) is 0 Å². The summed E-state index contributed by atoms with van der Waals surface area (Å²) in [7, 11) is 0. The van der Waals surface area contributed by atoms with Gasteiger partial charge in [-0.05, 0) is 63.9 Å². The van der Waals surface area contributed by atoms with E-state index in [-0.39, 0.29) is 28.2 Å². The van der Waals surface area contributed by atoms with Crippen molar-refractivity contribution in [2.75, 3.05) is 5.32 Å². The molecule has 5 nitrogen and oxygen atoms in total. The van der Waals surface area contributed by atoms with E-state index in [1.165, 1.54) is 6.07 Å². The highest BCUT2D eigenvalue weighted by Gasteiger charge is 2.24. The van der Waals surface area contributed by atoms with Crippen LogP contribution in [0.2, 0.25) is 5.02 Å². The molecule has 0 fully saturated rings. The minimum absolute atomic E-state index is 0.0291. The van der Waals surface area contributed by atoms with Crippen LogP contribution < -0.4 is 15.5 Å². The zero-order chi connectivity index (χ0) is 24.6. The molecule has 1 amide bonds. The third-order valence-corrected chi connectivity index (χ3v) is 5.95. The van der Waals surface area contributed by atoms with Crippen molar-refractivity contribution in [3.8, 4) is 17.1 Å². The lowest BCUT2D eigenvalue weighted by atomic mass is 10.0. The molecule has 0 aliphatic carbocycles. The van der Waals surface area contributed by atoms with Crippen LogP contribution in [0.25, 0.3) is 22.3 Å². The molecule has 0 spiro atoms. The number of hydrogen-bond donors (Lipinski definition) is 1. The molecular weight excluding hydrogens is 450 g/mol. The van der Waals surface area contributed by atoms with Crippen LogP contribution in [-0.4, -0.2) is 12.0 Å². The molecule has 1 N–H and O–H groups in total. The van der Waals surface area contributed by atoms with Crippen molar-refractivity contribution in [3.63, 3.8) is 0 Å².